The molecule has 0 spiro atoms. The molecule has 76 valence electrons. The third-order valence-electron chi connectivity index (χ3n) is 1.39. The van der Waals surface area contributed by atoms with Gasteiger partial charge in [-0.15, -0.1) is 0 Å². The lowest BCUT2D eigenvalue weighted by atomic mass is 10.4. The fourth-order valence-electron chi connectivity index (χ4n) is 0.771. The molecule has 0 saturated heterocycles. The number of anilines is 2. The Bertz CT molecular complexity index is 356. The van der Waals surface area contributed by atoms with Crippen molar-refractivity contribution in [3.8, 4) is 0 Å². The van der Waals surface area contributed by atoms with Gasteiger partial charge in [-0.3, -0.25) is 4.79 Å². The molecule has 0 unspecified atom stereocenters. The highest BCUT2D eigenvalue weighted by molar-refractivity contribution is 6.54. The number of amides is 1. The van der Waals surface area contributed by atoms with Crippen molar-refractivity contribution in [3.63, 3.8) is 0 Å². The van der Waals surface area contributed by atoms with Gasteiger partial charge in [0.1, 0.15) is 11.5 Å². The van der Waals surface area contributed by atoms with Crippen LogP contribution in [0.25, 0.3) is 0 Å². The number of aryl methyl sites for hydroxylation is 1. The number of nitrogens with one attached hydrogen (secondary N) is 1. The summed E-state index contributed by atoms with van der Waals surface area (Å²) < 4.78 is 0. The third-order valence-corrected chi connectivity index (χ3v) is 1.79. The largest absolute Gasteiger partial charge is 0.382 e. The first-order valence-electron chi connectivity index (χ1n) is 3.69. The molecule has 0 aliphatic rings. The minimum Gasteiger partial charge on any atom is -0.382 e. The van der Waals surface area contributed by atoms with Crippen LogP contribution in [0.2, 0.25) is 0 Å². The van der Waals surface area contributed by atoms with E-state index in [2.05, 4.69) is 15.3 Å². The van der Waals surface area contributed by atoms with Crippen molar-refractivity contribution in [1.29, 1.82) is 0 Å². The van der Waals surface area contributed by atoms with Crippen molar-refractivity contribution in [2.24, 2.45) is 0 Å². The summed E-state index contributed by atoms with van der Waals surface area (Å²) in [7, 11) is 0. The third kappa shape index (κ3) is 2.71. The van der Waals surface area contributed by atoms with Crippen LogP contribution in [0.1, 0.15) is 5.82 Å². The smallest absolute Gasteiger partial charge is 0.257 e. The molecule has 5 nitrogen and oxygen atoms in total. The van der Waals surface area contributed by atoms with E-state index in [-0.39, 0.29) is 5.82 Å². The van der Waals surface area contributed by atoms with Gasteiger partial charge in [0.15, 0.2) is 10.7 Å². The second-order valence-electron chi connectivity index (χ2n) is 2.51. The average molecular weight is 235 g/mol. The zero-order valence-electron chi connectivity index (χ0n) is 7.29. The molecule has 0 aliphatic heterocycles. The monoisotopic (exact) mass is 234 g/mol. The van der Waals surface area contributed by atoms with E-state index in [4.69, 9.17) is 28.9 Å². The van der Waals surface area contributed by atoms with Crippen molar-refractivity contribution in [2.45, 2.75) is 11.8 Å². The Hall–Kier alpha value is -1.07. The van der Waals surface area contributed by atoms with E-state index in [0.29, 0.717) is 11.5 Å². The SMILES string of the molecule is Cc1ncc(NC(=O)C(Cl)Cl)c(N)n1. The van der Waals surface area contributed by atoms with E-state index in [9.17, 15) is 4.79 Å². The zero-order valence-corrected chi connectivity index (χ0v) is 8.80. The zero-order chi connectivity index (χ0) is 10.7. The number of carbonyl (C=O) groups excluding carboxylic acids is 1. The number of hydrogen-bond donors (Lipinski definition) is 2. The molecule has 1 aromatic heterocycles. The summed E-state index contributed by atoms with van der Waals surface area (Å²) >= 11 is 10.7. The molecule has 14 heavy (non-hydrogen) atoms. The fourth-order valence-corrected chi connectivity index (χ4v) is 0.880. The van der Waals surface area contributed by atoms with Crippen LogP contribution in [0.15, 0.2) is 6.20 Å². The summed E-state index contributed by atoms with van der Waals surface area (Å²) in [5.41, 5.74) is 5.82. The Morgan fingerprint density at radius 3 is 2.79 bits per heavy atom. The lowest BCUT2D eigenvalue weighted by molar-refractivity contribution is -0.114. The van der Waals surface area contributed by atoms with Crippen LogP contribution in [0.3, 0.4) is 0 Å². The number of alkyl halides is 2. The highest BCUT2D eigenvalue weighted by atomic mass is 35.5. The number of rotatable bonds is 2. The molecule has 0 fully saturated rings. The van der Waals surface area contributed by atoms with E-state index in [1.165, 1.54) is 6.20 Å². The van der Waals surface area contributed by atoms with Crippen LogP contribution >= 0.6 is 23.2 Å². The Labute approximate surface area is 90.6 Å². The van der Waals surface area contributed by atoms with Crippen molar-refractivity contribution in [3.05, 3.63) is 12.0 Å². The normalized spacial score (nSPS) is 10.3. The predicted molar refractivity (Wildman–Crippen MR) is 55.3 cm³/mol. The van der Waals surface area contributed by atoms with E-state index < -0.39 is 10.7 Å². The molecule has 0 atom stereocenters. The molecule has 0 aromatic carbocycles. The van der Waals surface area contributed by atoms with Crippen molar-refractivity contribution in [1.82, 2.24) is 9.97 Å². The number of carbonyl (C=O) groups is 1. The Kier molecular flexibility index (Phi) is 3.49. The van der Waals surface area contributed by atoms with Gasteiger partial charge in [-0.05, 0) is 6.92 Å². The molecule has 1 rings (SSSR count). The number of halogens is 2. The van der Waals surface area contributed by atoms with Crippen molar-refractivity contribution < 1.29 is 4.79 Å². The van der Waals surface area contributed by atoms with Gasteiger partial charge < -0.3 is 11.1 Å². The van der Waals surface area contributed by atoms with Gasteiger partial charge in [0.25, 0.3) is 5.91 Å². The minimum atomic E-state index is -1.14. The molecular formula is C7H8Cl2N4O. The topological polar surface area (TPSA) is 80.9 Å². The maximum absolute atomic E-state index is 11.1. The van der Waals surface area contributed by atoms with Crippen LogP contribution < -0.4 is 11.1 Å². The van der Waals surface area contributed by atoms with Gasteiger partial charge in [-0.2, -0.15) is 0 Å². The molecule has 1 aromatic rings. The predicted octanol–water partition coefficient (Wildman–Crippen LogP) is 1.11. The van der Waals surface area contributed by atoms with E-state index in [1.54, 1.807) is 6.92 Å². The molecule has 1 amide bonds. The summed E-state index contributed by atoms with van der Waals surface area (Å²) in [5.74, 6) is 0.140. The molecule has 7 heteroatoms. The number of nitrogen functional groups attached to an aromatic ring is 1. The van der Waals surface area contributed by atoms with E-state index >= 15 is 0 Å². The molecule has 1 heterocycles. The first kappa shape index (κ1) is 11.0. The molecule has 0 radical (unpaired) electrons. The number of aromatic nitrogens is 2. The van der Waals surface area contributed by atoms with Gasteiger partial charge >= 0.3 is 0 Å². The van der Waals surface area contributed by atoms with E-state index in [0.717, 1.165) is 0 Å². The lowest BCUT2D eigenvalue weighted by Crippen LogP contribution is -2.20. The van der Waals surface area contributed by atoms with Gasteiger partial charge in [0, 0.05) is 0 Å². The molecule has 3 N–H and O–H groups in total. The average Bonchev–Trinajstić information content (AvgIpc) is 2.09. The Balaban J connectivity index is 2.82. The van der Waals surface area contributed by atoms with Crippen LogP contribution in [0, 0.1) is 6.92 Å². The summed E-state index contributed by atoms with van der Waals surface area (Å²) in [5, 5.41) is 2.38. The summed E-state index contributed by atoms with van der Waals surface area (Å²) in [4.78, 5) is 17.6. The van der Waals surface area contributed by atoms with Crippen LogP contribution in [0.4, 0.5) is 11.5 Å². The van der Waals surface area contributed by atoms with Gasteiger partial charge in [0.05, 0.1) is 6.20 Å². The van der Waals surface area contributed by atoms with Crippen molar-refractivity contribution >= 4 is 40.6 Å². The first-order valence-corrected chi connectivity index (χ1v) is 4.56. The van der Waals surface area contributed by atoms with Crippen LogP contribution in [0.5, 0.6) is 0 Å². The molecule has 0 aliphatic carbocycles. The summed E-state index contributed by atoms with van der Waals surface area (Å²) in [6, 6.07) is 0. The van der Waals surface area contributed by atoms with Gasteiger partial charge in [-0.1, -0.05) is 23.2 Å². The second kappa shape index (κ2) is 4.43. The summed E-state index contributed by atoms with van der Waals surface area (Å²) in [6.45, 7) is 1.69. The molecular weight excluding hydrogens is 227 g/mol. The number of nitrogens with zero attached hydrogens (tertiary/aromatic N) is 2. The Morgan fingerprint density at radius 2 is 2.29 bits per heavy atom. The molecule has 0 saturated carbocycles. The molecule has 0 bridgehead atoms. The number of nitrogens with two attached hydrogens (primary N) is 1. The van der Waals surface area contributed by atoms with Gasteiger partial charge in [0.2, 0.25) is 0 Å². The minimum absolute atomic E-state index is 0.180. The standard InChI is InChI=1S/C7H8Cl2N4O/c1-3-11-2-4(6(10)12-3)13-7(14)5(8)9/h2,5H,1H3,(H,13,14)(H2,10,11,12). The highest BCUT2D eigenvalue weighted by Gasteiger charge is 2.13. The number of hydrogen-bond acceptors (Lipinski definition) is 4. The lowest BCUT2D eigenvalue weighted by Gasteiger charge is -2.07. The van der Waals surface area contributed by atoms with E-state index in [1.807, 2.05) is 0 Å². The fraction of sp³-hybridized carbons (Fsp3) is 0.286. The first-order chi connectivity index (χ1) is 6.50. The van der Waals surface area contributed by atoms with Crippen LogP contribution in [-0.4, -0.2) is 20.7 Å². The summed E-state index contributed by atoms with van der Waals surface area (Å²) in [6.07, 6.45) is 1.39. The van der Waals surface area contributed by atoms with Crippen LogP contribution in [-0.2, 0) is 4.79 Å². The second-order valence-corrected chi connectivity index (χ2v) is 3.60. The van der Waals surface area contributed by atoms with Crippen molar-refractivity contribution in [2.75, 3.05) is 11.1 Å². The Morgan fingerprint density at radius 1 is 1.64 bits per heavy atom. The van der Waals surface area contributed by atoms with Gasteiger partial charge in [-0.25, -0.2) is 9.97 Å². The quantitative estimate of drug-likeness (QED) is 0.752. The maximum atomic E-state index is 11.1. The highest BCUT2D eigenvalue weighted by Crippen LogP contribution is 2.15. The maximum Gasteiger partial charge on any atom is 0.257 e.